The molecule has 2 fully saturated rings. The summed E-state index contributed by atoms with van der Waals surface area (Å²) in [5, 5.41) is 10.7. The molecule has 4 nitrogen and oxygen atoms in total. The van der Waals surface area contributed by atoms with E-state index in [1.165, 1.54) is 0 Å². The van der Waals surface area contributed by atoms with Crippen molar-refractivity contribution in [2.45, 2.75) is 50.9 Å². The van der Waals surface area contributed by atoms with Gasteiger partial charge in [-0.05, 0) is 12.8 Å². The topological polar surface area (TPSA) is 64.7 Å². The van der Waals surface area contributed by atoms with Crippen LogP contribution in [0, 0.1) is 5.41 Å². The first-order valence-electron chi connectivity index (χ1n) is 6.14. The average molecular weight is 229 g/mol. The number of hydrogen-bond acceptors (Lipinski definition) is 4. The van der Waals surface area contributed by atoms with Crippen LogP contribution in [0.2, 0.25) is 0 Å². The van der Waals surface area contributed by atoms with Crippen LogP contribution >= 0.6 is 0 Å². The summed E-state index contributed by atoms with van der Waals surface area (Å²) in [6.07, 6.45) is 2.95. The molecule has 1 saturated carbocycles. The summed E-state index contributed by atoms with van der Waals surface area (Å²) < 4.78 is 11.3. The molecule has 0 radical (unpaired) electrons. The molecule has 0 amide bonds. The van der Waals surface area contributed by atoms with Crippen LogP contribution in [0.3, 0.4) is 0 Å². The molecule has 0 aromatic rings. The van der Waals surface area contributed by atoms with Gasteiger partial charge in [-0.3, -0.25) is 0 Å². The lowest BCUT2D eigenvalue weighted by atomic mass is 9.66. The fourth-order valence-electron chi connectivity index (χ4n) is 2.70. The van der Waals surface area contributed by atoms with Crippen molar-refractivity contribution in [2.75, 3.05) is 19.8 Å². The smallest absolute Gasteiger partial charge is 0.168 e. The summed E-state index contributed by atoms with van der Waals surface area (Å²) in [5.41, 5.74) is 4.82. The number of ether oxygens (including phenoxy) is 2. The molecule has 1 heterocycles. The molecule has 1 aliphatic heterocycles. The summed E-state index contributed by atoms with van der Waals surface area (Å²) in [6, 6.07) is 0. The normalized spacial score (nSPS) is 28.5. The van der Waals surface area contributed by atoms with Gasteiger partial charge in [0.15, 0.2) is 5.79 Å². The van der Waals surface area contributed by atoms with Gasteiger partial charge in [0.05, 0.1) is 18.8 Å². The first-order chi connectivity index (χ1) is 7.43. The third kappa shape index (κ3) is 1.88. The minimum absolute atomic E-state index is 0.243. The molecule has 0 aromatic carbocycles. The number of nitrogens with two attached hydrogens (primary N) is 1. The summed E-state index contributed by atoms with van der Waals surface area (Å²) in [6.45, 7) is 5.92. The SMILES string of the molecule is CC(C)(CN)C1(O)CCC2(CC1)OCCO2. The highest BCUT2D eigenvalue weighted by Crippen LogP contribution is 2.47. The monoisotopic (exact) mass is 229 g/mol. The number of hydrogen-bond donors (Lipinski definition) is 2. The van der Waals surface area contributed by atoms with E-state index in [1.54, 1.807) is 0 Å². The molecule has 2 rings (SSSR count). The van der Waals surface area contributed by atoms with E-state index >= 15 is 0 Å². The summed E-state index contributed by atoms with van der Waals surface area (Å²) in [4.78, 5) is 0. The van der Waals surface area contributed by atoms with Gasteiger partial charge in [-0.25, -0.2) is 0 Å². The van der Waals surface area contributed by atoms with Crippen LogP contribution in [-0.2, 0) is 9.47 Å². The van der Waals surface area contributed by atoms with E-state index in [1.807, 2.05) is 13.8 Å². The quantitative estimate of drug-likeness (QED) is 0.742. The molecule has 3 N–H and O–H groups in total. The van der Waals surface area contributed by atoms with Gasteiger partial charge in [0.2, 0.25) is 0 Å². The van der Waals surface area contributed by atoms with Gasteiger partial charge < -0.3 is 20.3 Å². The van der Waals surface area contributed by atoms with Crippen molar-refractivity contribution >= 4 is 0 Å². The van der Waals surface area contributed by atoms with Crippen molar-refractivity contribution in [1.29, 1.82) is 0 Å². The van der Waals surface area contributed by atoms with Crippen molar-refractivity contribution in [3.8, 4) is 0 Å². The Bertz CT molecular complexity index is 249. The van der Waals surface area contributed by atoms with Crippen LogP contribution in [0.5, 0.6) is 0 Å². The molecule has 0 aromatic heterocycles. The van der Waals surface area contributed by atoms with Gasteiger partial charge >= 0.3 is 0 Å². The highest BCUT2D eigenvalue weighted by molar-refractivity contribution is 5.00. The molecule has 16 heavy (non-hydrogen) atoms. The maximum atomic E-state index is 10.7. The largest absolute Gasteiger partial charge is 0.389 e. The Kier molecular flexibility index (Phi) is 3.03. The second kappa shape index (κ2) is 3.95. The molecule has 1 aliphatic carbocycles. The Morgan fingerprint density at radius 1 is 1.12 bits per heavy atom. The van der Waals surface area contributed by atoms with Crippen LogP contribution in [0.25, 0.3) is 0 Å². The summed E-state index contributed by atoms with van der Waals surface area (Å²) in [7, 11) is 0. The fraction of sp³-hybridized carbons (Fsp3) is 1.00. The van der Waals surface area contributed by atoms with Gasteiger partial charge in [0.25, 0.3) is 0 Å². The highest BCUT2D eigenvalue weighted by atomic mass is 16.7. The van der Waals surface area contributed by atoms with E-state index in [0.29, 0.717) is 32.6 Å². The minimum Gasteiger partial charge on any atom is -0.389 e. The third-order valence-electron chi connectivity index (χ3n) is 4.42. The number of rotatable bonds is 2. The molecule has 0 atom stereocenters. The molecule has 4 heteroatoms. The Labute approximate surface area is 97.1 Å². The Hall–Kier alpha value is -0.160. The molecular weight excluding hydrogens is 206 g/mol. The molecular formula is C12H23NO3. The van der Waals surface area contributed by atoms with E-state index < -0.39 is 11.4 Å². The van der Waals surface area contributed by atoms with Gasteiger partial charge in [-0.15, -0.1) is 0 Å². The maximum Gasteiger partial charge on any atom is 0.168 e. The molecule has 1 saturated heterocycles. The predicted octanol–water partition coefficient (Wildman–Crippen LogP) is 1.02. The zero-order chi connectivity index (χ0) is 11.9. The third-order valence-corrected chi connectivity index (χ3v) is 4.42. The van der Waals surface area contributed by atoms with Gasteiger partial charge in [-0.2, -0.15) is 0 Å². The predicted molar refractivity (Wildman–Crippen MR) is 60.9 cm³/mol. The first kappa shape index (κ1) is 12.3. The summed E-state index contributed by atoms with van der Waals surface area (Å²) in [5.74, 6) is -0.406. The average Bonchev–Trinajstić information content (AvgIpc) is 2.72. The van der Waals surface area contributed by atoms with Crippen LogP contribution in [0.15, 0.2) is 0 Å². The second-order valence-electron chi connectivity index (χ2n) is 5.73. The maximum absolute atomic E-state index is 10.7. The van der Waals surface area contributed by atoms with Crippen molar-refractivity contribution < 1.29 is 14.6 Å². The van der Waals surface area contributed by atoms with Gasteiger partial charge in [0.1, 0.15) is 0 Å². The van der Waals surface area contributed by atoms with E-state index in [2.05, 4.69) is 0 Å². The standard InChI is InChI=1S/C12H23NO3/c1-10(2,9-13)11(14)3-5-12(6-4-11)15-7-8-16-12/h14H,3-9,13H2,1-2H3. The van der Waals surface area contributed by atoms with Crippen LogP contribution in [0.4, 0.5) is 0 Å². The zero-order valence-electron chi connectivity index (χ0n) is 10.3. The Morgan fingerprint density at radius 3 is 2.06 bits per heavy atom. The van der Waals surface area contributed by atoms with Crippen LogP contribution in [-0.4, -0.2) is 36.3 Å². The minimum atomic E-state index is -0.678. The van der Waals surface area contributed by atoms with E-state index in [4.69, 9.17) is 15.2 Å². The summed E-state index contributed by atoms with van der Waals surface area (Å²) >= 11 is 0. The highest BCUT2D eigenvalue weighted by Gasteiger charge is 2.51. The van der Waals surface area contributed by atoms with Gasteiger partial charge in [0, 0.05) is 24.8 Å². The molecule has 2 aliphatic rings. The molecule has 0 unspecified atom stereocenters. The Morgan fingerprint density at radius 2 is 1.62 bits per heavy atom. The fourth-order valence-corrected chi connectivity index (χ4v) is 2.70. The van der Waals surface area contributed by atoms with Crippen molar-refractivity contribution in [2.24, 2.45) is 11.1 Å². The lowest BCUT2D eigenvalue weighted by molar-refractivity contribution is -0.218. The second-order valence-corrected chi connectivity index (χ2v) is 5.73. The van der Waals surface area contributed by atoms with Gasteiger partial charge in [-0.1, -0.05) is 13.8 Å². The Balaban J connectivity index is 2.03. The first-order valence-corrected chi connectivity index (χ1v) is 6.14. The van der Waals surface area contributed by atoms with Crippen molar-refractivity contribution in [3.63, 3.8) is 0 Å². The molecule has 1 spiro atoms. The van der Waals surface area contributed by atoms with E-state index in [9.17, 15) is 5.11 Å². The molecule has 94 valence electrons. The lowest BCUT2D eigenvalue weighted by Crippen LogP contribution is -2.54. The van der Waals surface area contributed by atoms with Crippen LogP contribution < -0.4 is 5.73 Å². The lowest BCUT2D eigenvalue weighted by Gasteiger charge is -2.48. The zero-order valence-corrected chi connectivity index (χ0v) is 10.3. The van der Waals surface area contributed by atoms with E-state index in [-0.39, 0.29) is 5.41 Å². The van der Waals surface area contributed by atoms with Crippen molar-refractivity contribution in [1.82, 2.24) is 0 Å². The van der Waals surface area contributed by atoms with E-state index in [0.717, 1.165) is 12.8 Å². The van der Waals surface area contributed by atoms with Crippen molar-refractivity contribution in [3.05, 3.63) is 0 Å². The van der Waals surface area contributed by atoms with Crippen LogP contribution in [0.1, 0.15) is 39.5 Å². The molecule has 0 bridgehead atoms. The number of aliphatic hydroxyl groups is 1.